The molecule has 1 aromatic carbocycles. The first-order valence-electron chi connectivity index (χ1n) is 7.79. The Labute approximate surface area is 130 Å². The van der Waals surface area contributed by atoms with Crippen LogP contribution < -0.4 is 0 Å². The summed E-state index contributed by atoms with van der Waals surface area (Å²) in [5.74, 6) is -0.488. The van der Waals surface area contributed by atoms with Gasteiger partial charge in [0.1, 0.15) is 5.82 Å². The lowest BCUT2D eigenvalue weighted by Crippen LogP contribution is -2.46. The molecule has 0 unspecified atom stereocenters. The fourth-order valence-electron chi connectivity index (χ4n) is 3.44. The van der Waals surface area contributed by atoms with Crippen molar-refractivity contribution in [2.75, 3.05) is 26.3 Å². The van der Waals surface area contributed by atoms with Crippen molar-refractivity contribution in [3.05, 3.63) is 35.1 Å². The van der Waals surface area contributed by atoms with Crippen molar-refractivity contribution in [3.63, 3.8) is 0 Å². The van der Waals surface area contributed by atoms with Crippen LogP contribution in [-0.4, -0.2) is 37.0 Å². The van der Waals surface area contributed by atoms with E-state index in [0.717, 1.165) is 31.5 Å². The summed E-state index contributed by atoms with van der Waals surface area (Å²) in [4.78, 5) is 2.26. The zero-order valence-electron chi connectivity index (χ0n) is 12.8. The molecule has 0 bridgehead atoms. The molecule has 0 N–H and O–H groups in total. The predicted octanol–water partition coefficient (Wildman–Crippen LogP) is 2.67. The minimum atomic E-state index is -0.501. The van der Waals surface area contributed by atoms with E-state index in [1.165, 1.54) is 12.1 Å². The van der Waals surface area contributed by atoms with Crippen molar-refractivity contribution < 1.29 is 13.9 Å². The van der Waals surface area contributed by atoms with Gasteiger partial charge in [-0.1, -0.05) is 0 Å². The molecule has 0 saturated carbocycles. The normalized spacial score (nSPS) is 25.0. The van der Waals surface area contributed by atoms with E-state index in [1.807, 2.05) is 6.92 Å². The Hall–Kier alpha value is -1.48. The van der Waals surface area contributed by atoms with Crippen molar-refractivity contribution in [1.82, 2.24) is 4.90 Å². The lowest BCUT2D eigenvalue weighted by molar-refractivity contribution is -0.192. The fourth-order valence-corrected chi connectivity index (χ4v) is 3.44. The van der Waals surface area contributed by atoms with Crippen molar-refractivity contribution in [2.24, 2.45) is 5.92 Å². The number of hydrogen-bond acceptors (Lipinski definition) is 4. The first-order valence-corrected chi connectivity index (χ1v) is 7.79. The average molecular weight is 304 g/mol. The molecular formula is C17H21FN2O2. The van der Waals surface area contributed by atoms with Crippen molar-refractivity contribution in [3.8, 4) is 6.07 Å². The number of likely N-dealkylation sites (tertiary alicyclic amines) is 1. The van der Waals surface area contributed by atoms with E-state index >= 15 is 0 Å². The SMILES string of the molecule is CC1([C@H]2CCCN(Cc3cc(F)ccc3C#N)C2)OCCO1. The van der Waals surface area contributed by atoms with Gasteiger partial charge in [-0.2, -0.15) is 5.26 Å². The second kappa shape index (κ2) is 6.33. The Morgan fingerprint density at radius 3 is 2.91 bits per heavy atom. The zero-order valence-corrected chi connectivity index (χ0v) is 12.8. The van der Waals surface area contributed by atoms with Crippen LogP contribution in [0.4, 0.5) is 4.39 Å². The summed E-state index contributed by atoms with van der Waals surface area (Å²) in [5, 5.41) is 9.17. The van der Waals surface area contributed by atoms with Gasteiger partial charge in [0.05, 0.1) is 24.8 Å². The molecule has 4 nitrogen and oxygen atoms in total. The van der Waals surface area contributed by atoms with Gasteiger partial charge in [-0.3, -0.25) is 4.90 Å². The van der Waals surface area contributed by atoms with Gasteiger partial charge in [-0.15, -0.1) is 0 Å². The second-order valence-corrected chi connectivity index (χ2v) is 6.20. The minimum absolute atomic E-state index is 0.294. The van der Waals surface area contributed by atoms with E-state index in [1.54, 1.807) is 6.07 Å². The van der Waals surface area contributed by atoms with Gasteiger partial charge < -0.3 is 9.47 Å². The van der Waals surface area contributed by atoms with Crippen molar-refractivity contribution >= 4 is 0 Å². The van der Waals surface area contributed by atoms with Crippen molar-refractivity contribution in [1.29, 1.82) is 5.26 Å². The Balaban J connectivity index is 1.71. The molecule has 0 amide bonds. The topological polar surface area (TPSA) is 45.5 Å². The molecule has 2 saturated heterocycles. The smallest absolute Gasteiger partial charge is 0.169 e. The summed E-state index contributed by atoms with van der Waals surface area (Å²) in [5.41, 5.74) is 1.30. The predicted molar refractivity (Wildman–Crippen MR) is 79.4 cm³/mol. The first-order chi connectivity index (χ1) is 10.6. The molecule has 2 aliphatic heterocycles. The van der Waals surface area contributed by atoms with E-state index in [4.69, 9.17) is 9.47 Å². The third kappa shape index (κ3) is 3.14. The quantitative estimate of drug-likeness (QED) is 0.861. The van der Waals surface area contributed by atoms with Crippen LogP contribution in [0.5, 0.6) is 0 Å². The highest BCUT2D eigenvalue weighted by Crippen LogP contribution is 2.34. The molecular weight excluding hydrogens is 283 g/mol. The maximum atomic E-state index is 13.5. The summed E-state index contributed by atoms with van der Waals surface area (Å²) in [6.45, 7) is 5.70. The first kappa shape index (κ1) is 15.4. The molecule has 1 aromatic rings. The zero-order chi connectivity index (χ0) is 15.6. The Kier molecular flexibility index (Phi) is 4.44. The fraction of sp³-hybridized carbons (Fsp3) is 0.588. The number of benzene rings is 1. The summed E-state index contributed by atoms with van der Waals surface area (Å²) in [6, 6.07) is 6.50. The molecule has 22 heavy (non-hydrogen) atoms. The number of hydrogen-bond donors (Lipinski definition) is 0. The van der Waals surface area contributed by atoms with E-state index in [0.29, 0.717) is 31.2 Å². The molecule has 5 heteroatoms. The van der Waals surface area contributed by atoms with Crippen LogP contribution in [0.2, 0.25) is 0 Å². The molecule has 0 radical (unpaired) electrons. The molecule has 118 valence electrons. The van der Waals surface area contributed by atoms with E-state index in [9.17, 15) is 9.65 Å². The Morgan fingerprint density at radius 2 is 2.18 bits per heavy atom. The summed E-state index contributed by atoms with van der Waals surface area (Å²) < 4.78 is 25.0. The van der Waals surface area contributed by atoms with Crippen LogP contribution >= 0.6 is 0 Å². The largest absolute Gasteiger partial charge is 0.347 e. The van der Waals surface area contributed by atoms with E-state index in [-0.39, 0.29) is 5.82 Å². The van der Waals surface area contributed by atoms with Crippen LogP contribution in [-0.2, 0) is 16.0 Å². The number of ether oxygens (including phenoxy) is 2. The standard InChI is InChI=1S/C17H21FN2O2/c1-17(21-7-8-22-17)15-3-2-6-20(12-15)11-14-9-16(18)5-4-13(14)10-19/h4-5,9,15H,2-3,6-8,11-12H2,1H3/t15-/m0/s1. The molecule has 2 fully saturated rings. The molecule has 0 spiro atoms. The second-order valence-electron chi connectivity index (χ2n) is 6.20. The van der Waals surface area contributed by atoms with Gasteiger partial charge >= 0.3 is 0 Å². The van der Waals surface area contributed by atoms with Gasteiger partial charge in [-0.25, -0.2) is 4.39 Å². The monoisotopic (exact) mass is 304 g/mol. The van der Waals surface area contributed by atoms with Crippen LogP contribution in [0, 0.1) is 23.1 Å². The molecule has 3 rings (SSSR count). The van der Waals surface area contributed by atoms with E-state index in [2.05, 4.69) is 11.0 Å². The minimum Gasteiger partial charge on any atom is -0.347 e. The van der Waals surface area contributed by atoms with Gasteiger partial charge in [-0.05, 0) is 50.1 Å². The average Bonchev–Trinajstić information content (AvgIpc) is 2.96. The third-order valence-corrected chi connectivity index (χ3v) is 4.69. The van der Waals surface area contributed by atoms with Gasteiger partial charge in [0.2, 0.25) is 0 Å². The lowest BCUT2D eigenvalue weighted by Gasteiger charge is -2.40. The summed E-state index contributed by atoms with van der Waals surface area (Å²) >= 11 is 0. The Morgan fingerprint density at radius 1 is 1.41 bits per heavy atom. The number of piperidine rings is 1. The van der Waals surface area contributed by atoms with Gasteiger partial charge in [0.25, 0.3) is 0 Å². The number of rotatable bonds is 3. The van der Waals surface area contributed by atoms with Gasteiger partial charge in [0, 0.05) is 19.0 Å². The van der Waals surface area contributed by atoms with Crippen LogP contribution in [0.1, 0.15) is 30.9 Å². The number of nitriles is 1. The molecule has 2 heterocycles. The summed E-state index contributed by atoms with van der Waals surface area (Å²) in [6.07, 6.45) is 2.13. The van der Waals surface area contributed by atoms with E-state index < -0.39 is 5.79 Å². The Bertz CT molecular complexity index is 579. The highest BCUT2D eigenvalue weighted by atomic mass is 19.1. The molecule has 2 aliphatic rings. The number of nitrogens with zero attached hydrogens (tertiary/aromatic N) is 2. The van der Waals surface area contributed by atoms with Crippen LogP contribution in [0.25, 0.3) is 0 Å². The van der Waals surface area contributed by atoms with Crippen molar-refractivity contribution in [2.45, 2.75) is 32.1 Å². The molecule has 1 atom stereocenters. The van der Waals surface area contributed by atoms with Gasteiger partial charge in [0.15, 0.2) is 5.79 Å². The maximum absolute atomic E-state index is 13.5. The summed E-state index contributed by atoms with van der Waals surface area (Å²) in [7, 11) is 0. The molecule has 0 aliphatic carbocycles. The third-order valence-electron chi connectivity index (χ3n) is 4.69. The highest BCUT2D eigenvalue weighted by Gasteiger charge is 2.41. The number of halogens is 1. The maximum Gasteiger partial charge on any atom is 0.169 e. The van der Waals surface area contributed by atoms with Crippen LogP contribution in [0.3, 0.4) is 0 Å². The van der Waals surface area contributed by atoms with Crippen LogP contribution in [0.15, 0.2) is 18.2 Å². The lowest BCUT2D eigenvalue weighted by atomic mass is 9.90. The highest BCUT2D eigenvalue weighted by molar-refractivity contribution is 5.37. The molecule has 0 aromatic heterocycles.